The number of hydrogen-bond acceptors (Lipinski definition) is 5. The van der Waals surface area contributed by atoms with Crippen molar-refractivity contribution in [1.29, 1.82) is 0 Å². The summed E-state index contributed by atoms with van der Waals surface area (Å²) in [5.74, 6) is -0.129. The molecule has 0 aliphatic carbocycles. The van der Waals surface area contributed by atoms with Crippen LogP contribution in [0.15, 0.2) is 40.0 Å². The second-order valence-electron chi connectivity index (χ2n) is 7.47. The van der Waals surface area contributed by atoms with Crippen LogP contribution in [-0.2, 0) is 4.79 Å². The number of nitrogens with zero attached hydrogens (tertiary/aromatic N) is 3. The van der Waals surface area contributed by atoms with Gasteiger partial charge in [0.1, 0.15) is 6.04 Å². The van der Waals surface area contributed by atoms with Crippen molar-refractivity contribution in [3.63, 3.8) is 0 Å². The second kappa shape index (κ2) is 9.18. The van der Waals surface area contributed by atoms with Gasteiger partial charge in [0.05, 0.1) is 16.3 Å². The molecule has 0 radical (unpaired) electrons. The molecule has 10 heteroatoms. The lowest BCUT2D eigenvalue weighted by atomic mass is 9.95. The summed E-state index contributed by atoms with van der Waals surface area (Å²) in [5, 5.41) is 12.2. The minimum absolute atomic E-state index is 0.0343. The highest BCUT2D eigenvalue weighted by atomic mass is 79.9. The highest BCUT2D eigenvalue weighted by molar-refractivity contribution is 9.10. The average molecular weight is 491 g/mol. The van der Waals surface area contributed by atoms with E-state index in [2.05, 4.69) is 36.6 Å². The van der Waals surface area contributed by atoms with E-state index in [1.807, 2.05) is 34.7 Å². The number of amides is 2. The Labute approximate surface area is 189 Å². The van der Waals surface area contributed by atoms with Crippen LogP contribution in [0.3, 0.4) is 0 Å². The first kappa shape index (κ1) is 22.3. The molecular formula is C20H22BBrClN5O2. The predicted octanol–water partition coefficient (Wildman–Crippen LogP) is 3.11. The average Bonchev–Trinajstić information content (AvgIpc) is 3.05. The molecular weight excluding hydrogens is 468 g/mol. The first-order chi connectivity index (χ1) is 14.2. The molecule has 2 N–H and O–H groups in total. The van der Waals surface area contributed by atoms with Crippen LogP contribution in [0.4, 0.5) is 11.5 Å². The molecule has 1 atom stereocenters. The van der Waals surface area contributed by atoms with Crippen LogP contribution in [0, 0.1) is 6.92 Å². The number of hydrogen-bond donors (Lipinski definition) is 2. The van der Waals surface area contributed by atoms with Crippen molar-refractivity contribution in [3.8, 4) is 0 Å². The number of aryl methyl sites for hydroxylation is 1. The number of aromatic nitrogens is 1. The van der Waals surface area contributed by atoms with Gasteiger partial charge in [0.25, 0.3) is 5.91 Å². The smallest absolute Gasteiger partial charge is 0.253 e. The normalized spacial score (nSPS) is 15.9. The molecule has 2 amide bonds. The maximum atomic E-state index is 13.2. The molecule has 1 aromatic heterocycles. The third-order valence-corrected chi connectivity index (χ3v) is 5.29. The van der Waals surface area contributed by atoms with E-state index in [-0.39, 0.29) is 17.9 Å². The SMILES string of the molecule is BC1=NN(c2ncccc2Cl)C(C(=O)Nc2c(C)cc(Br)cc2C(=O)NC(C)C)C1. The van der Waals surface area contributed by atoms with Crippen molar-refractivity contribution in [3.05, 3.63) is 51.1 Å². The van der Waals surface area contributed by atoms with Gasteiger partial charge in [0.15, 0.2) is 13.7 Å². The van der Waals surface area contributed by atoms with Crippen LogP contribution < -0.4 is 15.6 Å². The number of nitrogens with one attached hydrogen (secondary N) is 2. The molecule has 1 aliphatic heterocycles. The molecule has 1 aliphatic rings. The Hall–Kier alpha value is -2.39. The number of carbonyl (C=O) groups excluding carboxylic acids is 2. The molecule has 30 heavy (non-hydrogen) atoms. The lowest BCUT2D eigenvalue weighted by Crippen LogP contribution is -2.40. The number of benzene rings is 1. The number of anilines is 2. The van der Waals surface area contributed by atoms with Gasteiger partial charge in [-0.1, -0.05) is 27.5 Å². The van der Waals surface area contributed by atoms with Gasteiger partial charge in [0, 0.05) is 23.1 Å². The van der Waals surface area contributed by atoms with E-state index in [4.69, 9.17) is 11.6 Å². The third kappa shape index (κ3) is 4.84. The summed E-state index contributed by atoms with van der Waals surface area (Å²) in [5.41, 5.74) is 2.42. The summed E-state index contributed by atoms with van der Waals surface area (Å²) in [4.78, 5) is 30.2. The minimum Gasteiger partial charge on any atom is -0.350 e. The molecule has 0 fully saturated rings. The first-order valence-corrected chi connectivity index (χ1v) is 10.7. The minimum atomic E-state index is -0.624. The second-order valence-corrected chi connectivity index (χ2v) is 8.79. The molecule has 2 heterocycles. The topological polar surface area (TPSA) is 86.7 Å². The van der Waals surface area contributed by atoms with Gasteiger partial charge >= 0.3 is 0 Å². The van der Waals surface area contributed by atoms with Crippen molar-refractivity contribution in [1.82, 2.24) is 10.3 Å². The fourth-order valence-corrected chi connectivity index (χ4v) is 4.02. The molecule has 2 aromatic rings. The van der Waals surface area contributed by atoms with Gasteiger partial charge in [0.2, 0.25) is 5.91 Å². The van der Waals surface area contributed by atoms with Gasteiger partial charge < -0.3 is 10.6 Å². The van der Waals surface area contributed by atoms with Crippen molar-refractivity contribution in [2.24, 2.45) is 5.10 Å². The number of hydrazone groups is 1. The number of halogens is 2. The first-order valence-electron chi connectivity index (χ1n) is 9.53. The van der Waals surface area contributed by atoms with Gasteiger partial charge in [-0.05, 0) is 56.2 Å². The molecule has 0 saturated carbocycles. The van der Waals surface area contributed by atoms with Gasteiger partial charge in [-0.2, -0.15) is 5.10 Å². The van der Waals surface area contributed by atoms with Gasteiger partial charge in [-0.15, -0.1) is 0 Å². The van der Waals surface area contributed by atoms with E-state index in [0.29, 0.717) is 28.5 Å². The Morgan fingerprint density at radius 3 is 2.77 bits per heavy atom. The van der Waals surface area contributed by atoms with Crippen molar-refractivity contribution in [2.75, 3.05) is 10.3 Å². The Bertz CT molecular complexity index is 1030. The van der Waals surface area contributed by atoms with E-state index in [9.17, 15) is 9.59 Å². The van der Waals surface area contributed by atoms with Crippen LogP contribution >= 0.6 is 27.5 Å². The molecule has 1 aromatic carbocycles. The van der Waals surface area contributed by atoms with Crippen molar-refractivity contribution < 1.29 is 9.59 Å². The third-order valence-electron chi connectivity index (χ3n) is 4.53. The van der Waals surface area contributed by atoms with Crippen LogP contribution in [0.2, 0.25) is 5.02 Å². The summed E-state index contributed by atoms with van der Waals surface area (Å²) in [7, 11) is 1.85. The summed E-state index contributed by atoms with van der Waals surface area (Å²) < 4.78 is 0.758. The van der Waals surface area contributed by atoms with Gasteiger partial charge in [-0.3, -0.25) is 9.59 Å². The predicted molar refractivity (Wildman–Crippen MR) is 126 cm³/mol. The zero-order valence-electron chi connectivity index (χ0n) is 17.2. The summed E-state index contributed by atoms with van der Waals surface area (Å²) in [6.45, 7) is 5.61. The van der Waals surface area contributed by atoms with Crippen LogP contribution in [0.25, 0.3) is 0 Å². The highest BCUT2D eigenvalue weighted by Gasteiger charge is 2.34. The number of rotatable bonds is 5. The molecule has 156 valence electrons. The lowest BCUT2D eigenvalue weighted by molar-refractivity contribution is -0.117. The van der Waals surface area contributed by atoms with E-state index >= 15 is 0 Å². The zero-order chi connectivity index (χ0) is 22.0. The van der Waals surface area contributed by atoms with Gasteiger partial charge in [-0.25, -0.2) is 9.99 Å². The number of carbonyl (C=O) groups is 2. The summed E-state index contributed by atoms with van der Waals surface area (Å²) in [6, 6.07) is 6.32. The Morgan fingerprint density at radius 1 is 1.37 bits per heavy atom. The van der Waals surface area contributed by atoms with E-state index in [1.54, 1.807) is 24.4 Å². The molecule has 1 unspecified atom stereocenters. The summed E-state index contributed by atoms with van der Waals surface area (Å²) >= 11 is 9.70. The quantitative estimate of drug-likeness (QED) is 0.631. The van der Waals surface area contributed by atoms with E-state index in [0.717, 1.165) is 15.6 Å². The van der Waals surface area contributed by atoms with Crippen molar-refractivity contribution >= 4 is 64.3 Å². The standard InChI is InChI=1S/C20H22BBrClN5O2/c1-10(2)25-19(29)13-8-12(22)7-11(3)17(13)26-20(30)15-9-16(21)27-28(15)18-14(23)5-4-6-24-18/h4-8,10,15H,9,21H2,1-3H3,(H,25,29)(H,26,30). The maximum Gasteiger partial charge on any atom is 0.253 e. The van der Waals surface area contributed by atoms with E-state index in [1.165, 1.54) is 5.01 Å². The lowest BCUT2D eigenvalue weighted by Gasteiger charge is -2.24. The fourth-order valence-electron chi connectivity index (χ4n) is 3.24. The molecule has 0 bridgehead atoms. The maximum absolute atomic E-state index is 13.2. The Balaban J connectivity index is 1.92. The molecule has 7 nitrogen and oxygen atoms in total. The van der Waals surface area contributed by atoms with Crippen LogP contribution in [0.1, 0.15) is 36.2 Å². The molecule has 3 rings (SSSR count). The Morgan fingerprint density at radius 2 is 2.10 bits per heavy atom. The van der Waals surface area contributed by atoms with E-state index < -0.39 is 6.04 Å². The van der Waals surface area contributed by atoms with Crippen LogP contribution in [-0.4, -0.2) is 42.3 Å². The zero-order valence-corrected chi connectivity index (χ0v) is 19.5. The highest BCUT2D eigenvalue weighted by Crippen LogP contribution is 2.31. The van der Waals surface area contributed by atoms with Crippen molar-refractivity contribution in [2.45, 2.75) is 39.3 Å². The molecule has 0 spiro atoms. The van der Waals surface area contributed by atoms with Crippen LogP contribution in [0.5, 0.6) is 0 Å². The fraction of sp³-hybridized carbons (Fsp3) is 0.300. The number of pyridine rings is 1. The molecule has 0 saturated heterocycles. The largest absolute Gasteiger partial charge is 0.350 e. The summed E-state index contributed by atoms with van der Waals surface area (Å²) in [6.07, 6.45) is 2.04. The monoisotopic (exact) mass is 489 g/mol. The Kier molecular flexibility index (Phi) is 6.82.